The standard InChI is InChI=1S/C27H37N3O9/c31-24(16-7-1-2-8-16)36-15-19-21(38-25(32)17-9-3-4-10-17)22(39-26(33)18-11-5-6-12-18)23(37-19)30-14-13-20(29-35)28-27(30)34/h13-14,16-19,21-23,35H,1-12,15H2,(H,28,29,34)/t19-,21-,22-,23-/m1/s1/i23D. The number of nitrogens with one attached hydrogen (secondary N) is 1. The van der Waals surface area contributed by atoms with Crippen LogP contribution >= 0.6 is 0 Å². The van der Waals surface area contributed by atoms with Gasteiger partial charge in [-0.15, -0.1) is 0 Å². The number of ether oxygens (including phenoxy) is 4. The molecule has 2 N–H and O–H groups in total. The van der Waals surface area contributed by atoms with Crippen molar-refractivity contribution in [2.24, 2.45) is 17.8 Å². The van der Waals surface area contributed by atoms with Gasteiger partial charge in [0.05, 0.1) is 19.1 Å². The molecule has 0 unspecified atom stereocenters. The Morgan fingerprint density at radius 2 is 1.44 bits per heavy atom. The molecule has 4 aliphatic rings. The minimum absolute atomic E-state index is 0.159. The Morgan fingerprint density at radius 3 is 1.95 bits per heavy atom. The molecule has 0 amide bonds. The van der Waals surface area contributed by atoms with Crippen molar-refractivity contribution in [1.29, 1.82) is 0 Å². The molecule has 1 saturated heterocycles. The van der Waals surface area contributed by atoms with Crippen LogP contribution in [0, 0.1) is 17.8 Å². The average Bonchev–Trinajstić information content (AvgIpc) is 3.77. The van der Waals surface area contributed by atoms with Gasteiger partial charge in [-0.2, -0.15) is 4.98 Å². The minimum atomic E-state index is -2.39. The Bertz CT molecular complexity index is 1140. The van der Waals surface area contributed by atoms with Crippen molar-refractivity contribution in [3.8, 4) is 0 Å². The molecule has 214 valence electrons. The lowest BCUT2D eigenvalue weighted by molar-refractivity contribution is -0.174. The van der Waals surface area contributed by atoms with Crippen LogP contribution in [0.25, 0.3) is 0 Å². The number of rotatable bonds is 9. The second kappa shape index (κ2) is 12.5. The van der Waals surface area contributed by atoms with Gasteiger partial charge in [0.2, 0.25) is 0 Å². The van der Waals surface area contributed by atoms with E-state index in [0.717, 1.165) is 55.9 Å². The van der Waals surface area contributed by atoms with Crippen LogP contribution in [0.3, 0.4) is 0 Å². The average molecular weight is 549 g/mol. The first-order valence-electron chi connectivity index (χ1n) is 14.6. The Morgan fingerprint density at radius 1 is 0.923 bits per heavy atom. The summed E-state index contributed by atoms with van der Waals surface area (Å²) in [5, 5.41) is 9.16. The smallest absolute Gasteiger partial charge is 0.351 e. The third kappa shape index (κ3) is 6.27. The number of hydrogen-bond acceptors (Lipinski definition) is 11. The highest BCUT2D eigenvalue weighted by atomic mass is 16.7. The van der Waals surface area contributed by atoms with E-state index in [-0.39, 0.29) is 30.2 Å². The second-order valence-corrected chi connectivity index (χ2v) is 10.9. The van der Waals surface area contributed by atoms with Crippen LogP contribution < -0.4 is 11.2 Å². The molecule has 1 aromatic rings. The van der Waals surface area contributed by atoms with Crippen molar-refractivity contribution in [3.63, 3.8) is 0 Å². The highest BCUT2D eigenvalue weighted by Crippen LogP contribution is 2.37. The molecule has 0 spiro atoms. The van der Waals surface area contributed by atoms with Crippen LogP contribution in [0.4, 0.5) is 5.82 Å². The largest absolute Gasteiger partial charge is 0.463 e. The van der Waals surface area contributed by atoms with Gasteiger partial charge in [-0.05, 0) is 44.6 Å². The van der Waals surface area contributed by atoms with Gasteiger partial charge in [0.25, 0.3) is 0 Å². The Kier molecular flexibility index (Phi) is 8.38. The monoisotopic (exact) mass is 548 g/mol. The zero-order valence-corrected chi connectivity index (χ0v) is 21.9. The summed E-state index contributed by atoms with van der Waals surface area (Å²) >= 11 is 0. The molecule has 1 aromatic heterocycles. The van der Waals surface area contributed by atoms with E-state index < -0.39 is 48.1 Å². The van der Waals surface area contributed by atoms with E-state index in [9.17, 15) is 20.5 Å². The lowest BCUT2D eigenvalue weighted by Gasteiger charge is -2.27. The summed E-state index contributed by atoms with van der Waals surface area (Å²) in [7, 11) is 0. The van der Waals surface area contributed by atoms with E-state index in [1.165, 1.54) is 12.3 Å². The highest BCUT2D eigenvalue weighted by molar-refractivity contribution is 5.74. The molecule has 4 fully saturated rings. The van der Waals surface area contributed by atoms with Crippen LogP contribution in [0.1, 0.15) is 84.6 Å². The molecular weight excluding hydrogens is 510 g/mol. The first-order valence-corrected chi connectivity index (χ1v) is 14.1. The Labute approximate surface area is 227 Å². The molecule has 3 aliphatic carbocycles. The summed E-state index contributed by atoms with van der Waals surface area (Å²) in [6.45, 7) is -0.353. The van der Waals surface area contributed by atoms with E-state index >= 15 is 0 Å². The van der Waals surface area contributed by atoms with E-state index in [1.807, 2.05) is 0 Å². The number of anilines is 1. The maximum atomic E-state index is 13.2. The lowest BCUT2D eigenvalue weighted by Crippen LogP contribution is -2.44. The van der Waals surface area contributed by atoms with Crippen molar-refractivity contribution in [3.05, 3.63) is 22.7 Å². The highest BCUT2D eigenvalue weighted by Gasteiger charge is 2.52. The predicted molar refractivity (Wildman–Crippen MR) is 134 cm³/mol. The molecule has 5 rings (SSSR count). The van der Waals surface area contributed by atoms with Gasteiger partial charge in [0, 0.05) is 6.20 Å². The van der Waals surface area contributed by atoms with Crippen LogP contribution in [-0.2, 0) is 33.3 Å². The molecular formula is C27H37N3O9. The maximum Gasteiger partial charge on any atom is 0.351 e. The molecule has 4 atom stereocenters. The molecule has 39 heavy (non-hydrogen) atoms. The summed E-state index contributed by atoms with van der Waals surface area (Å²) < 4.78 is 33.5. The normalized spacial score (nSPS) is 30.3. The maximum absolute atomic E-state index is 13.2. The fourth-order valence-corrected chi connectivity index (χ4v) is 6.05. The van der Waals surface area contributed by atoms with Crippen molar-refractivity contribution < 1.29 is 39.9 Å². The molecule has 0 radical (unpaired) electrons. The quantitative estimate of drug-likeness (QED) is 0.266. The molecule has 3 saturated carbocycles. The van der Waals surface area contributed by atoms with Gasteiger partial charge in [-0.3, -0.25) is 29.6 Å². The summed E-state index contributed by atoms with van der Waals surface area (Å²) in [4.78, 5) is 55.7. The SMILES string of the molecule is [2H][C@@]1(n2ccc(NO)nc2=O)O[C@H](COC(=O)C2CCCC2)[C@@H](OC(=O)C2CCCC2)[C@H]1OC(=O)C1CCCC1. The van der Waals surface area contributed by atoms with E-state index in [2.05, 4.69) is 4.98 Å². The summed E-state index contributed by atoms with van der Waals surface area (Å²) in [5.74, 6) is -2.59. The van der Waals surface area contributed by atoms with Gasteiger partial charge in [-0.25, -0.2) is 4.79 Å². The van der Waals surface area contributed by atoms with Crippen molar-refractivity contribution >= 4 is 23.7 Å². The number of carbonyl (C=O) groups excluding carboxylic acids is 3. The molecule has 1 aliphatic heterocycles. The first-order chi connectivity index (χ1) is 19.3. The van der Waals surface area contributed by atoms with Crippen LogP contribution in [0.5, 0.6) is 0 Å². The summed E-state index contributed by atoms with van der Waals surface area (Å²) in [6.07, 6.45) is 4.13. The van der Waals surface area contributed by atoms with Gasteiger partial charge in [0.15, 0.2) is 24.2 Å². The van der Waals surface area contributed by atoms with Crippen molar-refractivity contribution in [2.75, 3.05) is 12.1 Å². The molecule has 0 bridgehead atoms. The van der Waals surface area contributed by atoms with Gasteiger partial charge in [0.1, 0.15) is 12.7 Å². The molecule has 2 heterocycles. The topological polar surface area (TPSA) is 155 Å². The second-order valence-electron chi connectivity index (χ2n) is 10.9. The molecule has 12 nitrogen and oxygen atoms in total. The van der Waals surface area contributed by atoms with Crippen LogP contribution in [0.15, 0.2) is 17.1 Å². The van der Waals surface area contributed by atoms with Crippen molar-refractivity contribution in [2.45, 2.75) is 102 Å². The number of aromatic nitrogens is 2. The van der Waals surface area contributed by atoms with Gasteiger partial charge < -0.3 is 18.9 Å². The Hall–Kier alpha value is -2.99. The first kappa shape index (κ1) is 26.2. The van der Waals surface area contributed by atoms with Gasteiger partial charge in [-0.1, -0.05) is 38.5 Å². The van der Waals surface area contributed by atoms with E-state index in [1.54, 1.807) is 5.48 Å². The van der Waals surface area contributed by atoms with Gasteiger partial charge >= 0.3 is 23.6 Å². The van der Waals surface area contributed by atoms with Crippen LogP contribution in [0.2, 0.25) is 0 Å². The Balaban J connectivity index is 1.47. The molecule has 0 aromatic carbocycles. The summed E-state index contributed by atoms with van der Waals surface area (Å²) in [6, 6.07) is 1.24. The van der Waals surface area contributed by atoms with Crippen molar-refractivity contribution in [1.82, 2.24) is 9.55 Å². The zero-order chi connectivity index (χ0) is 28.3. The number of esters is 3. The minimum Gasteiger partial charge on any atom is -0.463 e. The number of hydrogen-bond donors (Lipinski definition) is 2. The zero-order valence-electron chi connectivity index (χ0n) is 22.9. The predicted octanol–water partition coefficient (Wildman–Crippen LogP) is 2.88. The number of nitrogens with zero attached hydrogens (tertiary/aromatic N) is 2. The molecule has 12 heteroatoms. The van der Waals surface area contributed by atoms with E-state index in [0.29, 0.717) is 25.7 Å². The third-order valence-electron chi connectivity index (χ3n) is 8.29. The third-order valence-corrected chi connectivity index (χ3v) is 8.29. The van der Waals surface area contributed by atoms with Crippen LogP contribution in [-0.4, -0.2) is 57.6 Å². The fourth-order valence-electron chi connectivity index (χ4n) is 6.05. The van der Waals surface area contributed by atoms with E-state index in [4.69, 9.17) is 24.2 Å². The number of carbonyl (C=O) groups is 3. The lowest BCUT2D eigenvalue weighted by atomic mass is 10.1. The summed E-state index contributed by atoms with van der Waals surface area (Å²) in [5.41, 5.74) is 0.802. The fraction of sp³-hybridized carbons (Fsp3) is 0.741.